The lowest BCUT2D eigenvalue weighted by atomic mass is 9.85. The van der Waals surface area contributed by atoms with E-state index in [1.54, 1.807) is 0 Å². The van der Waals surface area contributed by atoms with Gasteiger partial charge in [-0.1, -0.05) is 72.8 Å². The Labute approximate surface area is 146 Å². The summed E-state index contributed by atoms with van der Waals surface area (Å²) in [5.74, 6) is -0.466. The standard InChI is InChI=1S/C22H13N3/c23-13-21(14-24)20(17-8-2-1-3-9-17)22(21,15-25)19-12-6-10-16-7-4-5-11-18(16)19/h1-12,20H/t20-,22+/m0/s1. The Morgan fingerprint density at radius 2 is 1.32 bits per heavy atom. The number of hydrogen-bond acceptors (Lipinski definition) is 3. The van der Waals surface area contributed by atoms with Crippen LogP contribution in [0.1, 0.15) is 17.0 Å². The first-order valence-corrected chi connectivity index (χ1v) is 8.02. The van der Waals surface area contributed by atoms with Gasteiger partial charge in [-0.05, 0) is 21.9 Å². The van der Waals surface area contributed by atoms with Crippen LogP contribution in [0, 0.1) is 39.4 Å². The van der Waals surface area contributed by atoms with Gasteiger partial charge in [0, 0.05) is 5.92 Å². The van der Waals surface area contributed by atoms with E-state index in [-0.39, 0.29) is 0 Å². The molecule has 0 N–H and O–H groups in total. The Morgan fingerprint density at radius 1 is 0.680 bits per heavy atom. The minimum atomic E-state index is -1.38. The van der Waals surface area contributed by atoms with E-state index in [4.69, 9.17) is 0 Å². The summed E-state index contributed by atoms with van der Waals surface area (Å²) < 4.78 is 0. The van der Waals surface area contributed by atoms with Crippen LogP contribution in [0.3, 0.4) is 0 Å². The Morgan fingerprint density at radius 3 is 2.00 bits per heavy atom. The summed E-state index contributed by atoms with van der Waals surface area (Å²) in [6.07, 6.45) is 0. The van der Waals surface area contributed by atoms with Gasteiger partial charge >= 0.3 is 0 Å². The minimum Gasteiger partial charge on any atom is -0.197 e. The van der Waals surface area contributed by atoms with Crippen LogP contribution in [0.25, 0.3) is 10.8 Å². The van der Waals surface area contributed by atoms with Crippen molar-refractivity contribution in [2.45, 2.75) is 11.3 Å². The molecule has 1 aliphatic carbocycles. The number of hydrogen-bond donors (Lipinski definition) is 0. The van der Waals surface area contributed by atoms with E-state index in [1.807, 2.05) is 72.8 Å². The normalized spacial score (nSPS) is 23.2. The molecule has 0 amide bonds. The summed E-state index contributed by atoms with van der Waals surface area (Å²) in [7, 11) is 0. The molecule has 1 fully saturated rings. The van der Waals surface area contributed by atoms with E-state index in [0.29, 0.717) is 0 Å². The third-order valence-corrected chi connectivity index (χ3v) is 5.28. The summed E-state index contributed by atoms with van der Waals surface area (Å²) >= 11 is 0. The van der Waals surface area contributed by atoms with Crippen molar-refractivity contribution < 1.29 is 0 Å². The van der Waals surface area contributed by atoms with Gasteiger partial charge in [-0.25, -0.2) is 0 Å². The zero-order valence-electron chi connectivity index (χ0n) is 13.3. The fourth-order valence-corrected chi connectivity index (χ4v) is 4.10. The second-order valence-electron chi connectivity index (χ2n) is 6.32. The van der Waals surface area contributed by atoms with Crippen molar-refractivity contribution in [3.8, 4) is 18.2 Å². The third kappa shape index (κ3) is 1.72. The van der Waals surface area contributed by atoms with E-state index in [2.05, 4.69) is 18.2 Å². The number of rotatable bonds is 2. The molecule has 116 valence electrons. The smallest absolute Gasteiger partial charge is 0.175 e. The minimum absolute atomic E-state index is 0.466. The van der Waals surface area contributed by atoms with Crippen LogP contribution in [-0.4, -0.2) is 0 Å². The molecule has 3 aromatic carbocycles. The molecule has 0 saturated heterocycles. The predicted octanol–water partition coefficient (Wildman–Crippen LogP) is 4.43. The molecule has 4 rings (SSSR count). The van der Waals surface area contributed by atoms with Crippen LogP contribution in [-0.2, 0) is 5.41 Å². The van der Waals surface area contributed by atoms with Crippen LogP contribution < -0.4 is 0 Å². The van der Waals surface area contributed by atoms with E-state index in [9.17, 15) is 15.8 Å². The van der Waals surface area contributed by atoms with E-state index in [1.165, 1.54) is 0 Å². The molecule has 0 bridgehead atoms. The van der Waals surface area contributed by atoms with Crippen LogP contribution in [0.4, 0.5) is 0 Å². The van der Waals surface area contributed by atoms with Crippen molar-refractivity contribution in [2.24, 2.45) is 5.41 Å². The molecule has 0 unspecified atom stereocenters. The topological polar surface area (TPSA) is 71.4 Å². The lowest BCUT2D eigenvalue weighted by Crippen LogP contribution is -2.15. The second kappa shape index (κ2) is 5.20. The zero-order valence-corrected chi connectivity index (χ0v) is 13.3. The van der Waals surface area contributed by atoms with Crippen molar-refractivity contribution in [1.82, 2.24) is 0 Å². The monoisotopic (exact) mass is 319 g/mol. The lowest BCUT2D eigenvalue weighted by Gasteiger charge is -2.13. The van der Waals surface area contributed by atoms with Crippen LogP contribution in [0.15, 0.2) is 72.8 Å². The molecule has 0 aromatic heterocycles. The molecule has 0 radical (unpaired) electrons. The van der Waals surface area contributed by atoms with Gasteiger partial charge < -0.3 is 0 Å². The molecule has 25 heavy (non-hydrogen) atoms. The van der Waals surface area contributed by atoms with E-state index >= 15 is 0 Å². The molecule has 3 heteroatoms. The van der Waals surface area contributed by atoms with Gasteiger partial charge in [-0.3, -0.25) is 0 Å². The second-order valence-corrected chi connectivity index (χ2v) is 6.32. The number of nitriles is 3. The first-order chi connectivity index (χ1) is 12.2. The molecular formula is C22H13N3. The molecule has 1 aliphatic rings. The number of fused-ring (bicyclic) bond motifs is 1. The van der Waals surface area contributed by atoms with E-state index in [0.717, 1.165) is 21.9 Å². The van der Waals surface area contributed by atoms with Crippen LogP contribution in [0.5, 0.6) is 0 Å². The van der Waals surface area contributed by atoms with Gasteiger partial charge in [0.15, 0.2) is 5.41 Å². The van der Waals surface area contributed by atoms with Gasteiger partial charge in [0.25, 0.3) is 0 Å². The lowest BCUT2D eigenvalue weighted by molar-refractivity contribution is 0.747. The largest absolute Gasteiger partial charge is 0.197 e. The van der Waals surface area contributed by atoms with Crippen molar-refractivity contribution in [1.29, 1.82) is 15.8 Å². The SMILES string of the molecule is N#CC1(C#N)[C@H](c2ccccc2)[C@@]1(C#N)c1cccc2ccccc12. The van der Waals surface area contributed by atoms with Crippen molar-refractivity contribution in [3.05, 3.63) is 83.9 Å². The average molecular weight is 319 g/mol. The van der Waals surface area contributed by atoms with Crippen molar-refractivity contribution >= 4 is 10.8 Å². The highest BCUT2D eigenvalue weighted by molar-refractivity contribution is 5.89. The molecule has 0 spiro atoms. The molecule has 3 aromatic rings. The summed E-state index contributed by atoms with van der Waals surface area (Å²) in [4.78, 5) is 0. The Kier molecular flexibility index (Phi) is 3.11. The maximum absolute atomic E-state index is 10.1. The molecule has 0 heterocycles. The maximum atomic E-state index is 10.1. The quantitative estimate of drug-likeness (QED) is 0.701. The van der Waals surface area contributed by atoms with E-state index < -0.39 is 16.7 Å². The molecule has 2 atom stereocenters. The molecular weight excluding hydrogens is 306 g/mol. The van der Waals surface area contributed by atoms with Gasteiger partial charge in [0.2, 0.25) is 0 Å². The van der Waals surface area contributed by atoms with Crippen molar-refractivity contribution in [2.75, 3.05) is 0 Å². The summed E-state index contributed by atoms with van der Waals surface area (Å²) in [6.45, 7) is 0. The predicted molar refractivity (Wildman–Crippen MR) is 94.1 cm³/mol. The highest BCUT2D eigenvalue weighted by atomic mass is 14.8. The highest BCUT2D eigenvalue weighted by Gasteiger charge is 2.81. The van der Waals surface area contributed by atoms with Crippen molar-refractivity contribution in [3.63, 3.8) is 0 Å². The van der Waals surface area contributed by atoms with Gasteiger partial charge in [0.05, 0.1) is 18.2 Å². The van der Waals surface area contributed by atoms with Gasteiger partial charge in [-0.15, -0.1) is 0 Å². The van der Waals surface area contributed by atoms with Crippen LogP contribution in [0.2, 0.25) is 0 Å². The number of benzene rings is 3. The number of nitrogens with zero attached hydrogens (tertiary/aromatic N) is 3. The fraction of sp³-hybridized carbons (Fsp3) is 0.136. The first kappa shape index (κ1) is 14.9. The zero-order chi connectivity index (χ0) is 17.5. The Balaban J connectivity index is 2.05. The molecule has 0 aliphatic heterocycles. The van der Waals surface area contributed by atoms with Gasteiger partial charge in [-0.2, -0.15) is 15.8 Å². The Hall–Kier alpha value is -3.61. The maximum Gasteiger partial charge on any atom is 0.175 e. The Bertz CT molecular complexity index is 1080. The first-order valence-electron chi connectivity index (χ1n) is 8.02. The summed E-state index contributed by atoms with van der Waals surface area (Å²) in [5.41, 5.74) is -0.948. The molecule has 3 nitrogen and oxygen atoms in total. The third-order valence-electron chi connectivity index (χ3n) is 5.28. The average Bonchev–Trinajstić information content (AvgIpc) is 3.31. The fourth-order valence-electron chi connectivity index (χ4n) is 4.10. The summed E-state index contributed by atoms with van der Waals surface area (Å²) in [5, 5.41) is 31.8. The molecule has 1 saturated carbocycles. The van der Waals surface area contributed by atoms with Gasteiger partial charge in [0.1, 0.15) is 5.41 Å². The van der Waals surface area contributed by atoms with Crippen LogP contribution >= 0.6 is 0 Å². The summed E-state index contributed by atoms with van der Waals surface area (Å²) in [6, 6.07) is 29.6. The highest BCUT2D eigenvalue weighted by Crippen LogP contribution is 2.74.